The lowest BCUT2D eigenvalue weighted by molar-refractivity contribution is -0.123. The van der Waals surface area contributed by atoms with Crippen LogP contribution in [0.2, 0.25) is 5.15 Å². The molecule has 0 spiro atoms. The SMILES string of the molecule is Cc1ccc2cc(CN3CCC[C@H](C(N)=O)C3)c(Cl)nc2c1C. The zero-order chi connectivity index (χ0) is 16.6. The molecule has 1 aliphatic heterocycles. The predicted octanol–water partition coefficient (Wildman–Crippen LogP) is 3.20. The number of aryl methyl sites for hydroxylation is 2. The van der Waals surface area contributed by atoms with Crippen LogP contribution in [0.4, 0.5) is 0 Å². The number of benzene rings is 1. The third-order valence-corrected chi connectivity index (χ3v) is 5.17. The molecule has 2 aromatic rings. The number of rotatable bonds is 3. The van der Waals surface area contributed by atoms with E-state index in [1.807, 2.05) is 0 Å². The van der Waals surface area contributed by atoms with Gasteiger partial charge in [-0.15, -0.1) is 0 Å². The van der Waals surface area contributed by atoms with E-state index in [-0.39, 0.29) is 11.8 Å². The number of amides is 1. The molecule has 2 N–H and O–H groups in total. The summed E-state index contributed by atoms with van der Waals surface area (Å²) in [5.74, 6) is -0.260. The summed E-state index contributed by atoms with van der Waals surface area (Å²) in [5.41, 5.74) is 9.81. The minimum atomic E-state index is -0.205. The largest absolute Gasteiger partial charge is 0.369 e. The number of primary amides is 1. The zero-order valence-corrected chi connectivity index (χ0v) is 14.4. The van der Waals surface area contributed by atoms with Gasteiger partial charge >= 0.3 is 0 Å². The molecule has 122 valence electrons. The Balaban J connectivity index is 1.87. The highest BCUT2D eigenvalue weighted by Gasteiger charge is 2.24. The molecule has 1 aromatic heterocycles. The van der Waals surface area contributed by atoms with E-state index in [0.717, 1.165) is 35.9 Å². The molecule has 3 rings (SSSR count). The Hall–Kier alpha value is -1.65. The van der Waals surface area contributed by atoms with Crippen LogP contribution in [0.15, 0.2) is 18.2 Å². The molecular weight excluding hydrogens is 310 g/mol. The molecule has 1 amide bonds. The third-order valence-electron chi connectivity index (χ3n) is 4.84. The Bertz CT molecular complexity index is 760. The Morgan fingerprint density at radius 1 is 1.43 bits per heavy atom. The van der Waals surface area contributed by atoms with Crippen molar-refractivity contribution < 1.29 is 4.79 Å². The molecule has 5 heteroatoms. The highest BCUT2D eigenvalue weighted by molar-refractivity contribution is 6.30. The molecule has 0 bridgehead atoms. The van der Waals surface area contributed by atoms with Crippen molar-refractivity contribution >= 4 is 28.4 Å². The maximum atomic E-state index is 11.4. The molecule has 4 nitrogen and oxygen atoms in total. The van der Waals surface area contributed by atoms with Crippen LogP contribution in [0, 0.1) is 19.8 Å². The van der Waals surface area contributed by atoms with Crippen molar-refractivity contribution in [1.82, 2.24) is 9.88 Å². The molecular formula is C18H22ClN3O. The quantitative estimate of drug-likeness (QED) is 0.879. The summed E-state index contributed by atoms with van der Waals surface area (Å²) in [5, 5.41) is 1.66. The van der Waals surface area contributed by atoms with Gasteiger partial charge in [0.15, 0.2) is 0 Å². The summed E-state index contributed by atoms with van der Waals surface area (Å²) < 4.78 is 0. The lowest BCUT2D eigenvalue weighted by Crippen LogP contribution is -2.40. The van der Waals surface area contributed by atoms with Crippen LogP contribution in [0.1, 0.15) is 29.5 Å². The summed E-state index contributed by atoms with van der Waals surface area (Å²) in [6, 6.07) is 6.32. The summed E-state index contributed by atoms with van der Waals surface area (Å²) in [6.07, 6.45) is 1.87. The third kappa shape index (κ3) is 3.33. The average molecular weight is 332 g/mol. The molecule has 1 atom stereocenters. The molecule has 1 saturated heterocycles. The van der Waals surface area contributed by atoms with Gasteiger partial charge < -0.3 is 5.73 Å². The number of nitrogens with two attached hydrogens (primary N) is 1. The van der Waals surface area contributed by atoms with E-state index in [4.69, 9.17) is 17.3 Å². The summed E-state index contributed by atoms with van der Waals surface area (Å²) in [4.78, 5) is 18.3. The second kappa shape index (κ2) is 6.46. The zero-order valence-electron chi connectivity index (χ0n) is 13.6. The fraction of sp³-hybridized carbons (Fsp3) is 0.444. The first kappa shape index (κ1) is 16.2. The Morgan fingerprint density at radius 2 is 2.22 bits per heavy atom. The van der Waals surface area contributed by atoms with Crippen LogP contribution in [-0.4, -0.2) is 28.9 Å². The average Bonchev–Trinajstić information content (AvgIpc) is 2.53. The number of hydrogen-bond donors (Lipinski definition) is 1. The second-order valence-electron chi connectivity index (χ2n) is 6.49. The number of aromatic nitrogens is 1. The van der Waals surface area contributed by atoms with Gasteiger partial charge in [-0.25, -0.2) is 4.98 Å². The number of pyridine rings is 1. The molecule has 0 unspecified atom stereocenters. The lowest BCUT2D eigenvalue weighted by Gasteiger charge is -2.31. The standard InChI is InChI=1S/C18H22ClN3O/c1-11-5-6-13-8-15(17(19)21-16(13)12(11)2)10-22-7-3-4-14(9-22)18(20)23/h5-6,8,14H,3-4,7,9-10H2,1-2H3,(H2,20,23)/t14-/m0/s1. The number of piperidine rings is 1. The van der Waals surface area contributed by atoms with Crippen molar-refractivity contribution in [3.8, 4) is 0 Å². The molecule has 1 aromatic carbocycles. The first-order valence-electron chi connectivity index (χ1n) is 8.02. The highest BCUT2D eigenvalue weighted by Crippen LogP contribution is 2.27. The molecule has 2 heterocycles. The fourth-order valence-electron chi connectivity index (χ4n) is 3.29. The number of fused-ring (bicyclic) bond motifs is 1. The van der Waals surface area contributed by atoms with Gasteiger partial charge in [-0.05, 0) is 50.4 Å². The monoisotopic (exact) mass is 331 g/mol. The van der Waals surface area contributed by atoms with Crippen molar-refractivity contribution in [3.05, 3.63) is 40.0 Å². The number of likely N-dealkylation sites (tertiary alicyclic amines) is 1. The van der Waals surface area contributed by atoms with E-state index in [9.17, 15) is 4.79 Å². The maximum absolute atomic E-state index is 11.4. The van der Waals surface area contributed by atoms with Crippen molar-refractivity contribution in [3.63, 3.8) is 0 Å². The molecule has 1 fully saturated rings. The van der Waals surface area contributed by atoms with Crippen molar-refractivity contribution in [2.24, 2.45) is 11.7 Å². The first-order chi connectivity index (χ1) is 11.0. The van der Waals surface area contributed by atoms with Crippen LogP contribution in [0.5, 0.6) is 0 Å². The maximum Gasteiger partial charge on any atom is 0.221 e. The number of nitrogens with zero attached hydrogens (tertiary/aromatic N) is 2. The van der Waals surface area contributed by atoms with Crippen molar-refractivity contribution in [1.29, 1.82) is 0 Å². The van der Waals surface area contributed by atoms with Gasteiger partial charge in [0.1, 0.15) is 5.15 Å². The van der Waals surface area contributed by atoms with Crippen molar-refractivity contribution in [2.45, 2.75) is 33.2 Å². The molecule has 0 saturated carbocycles. The number of carbonyl (C=O) groups is 1. The van der Waals surface area contributed by atoms with E-state index < -0.39 is 0 Å². The fourth-order valence-corrected chi connectivity index (χ4v) is 3.49. The van der Waals surface area contributed by atoms with E-state index in [0.29, 0.717) is 18.2 Å². The van der Waals surface area contributed by atoms with E-state index >= 15 is 0 Å². The number of halogens is 1. The normalized spacial score (nSPS) is 19.2. The number of hydrogen-bond acceptors (Lipinski definition) is 3. The molecule has 23 heavy (non-hydrogen) atoms. The van der Waals surface area contributed by atoms with E-state index in [1.165, 1.54) is 11.1 Å². The minimum Gasteiger partial charge on any atom is -0.369 e. The van der Waals surface area contributed by atoms with Gasteiger partial charge in [-0.1, -0.05) is 23.7 Å². The van der Waals surface area contributed by atoms with Gasteiger partial charge in [-0.2, -0.15) is 0 Å². The Kier molecular flexibility index (Phi) is 4.55. The Labute approximate surface area is 141 Å². The van der Waals surface area contributed by atoms with Crippen LogP contribution >= 0.6 is 11.6 Å². The second-order valence-corrected chi connectivity index (χ2v) is 6.85. The van der Waals surface area contributed by atoms with Gasteiger partial charge in [0.2, 0.25) is 5.91 Å². The smallest absolute Gasteiger partial charge is 0.221 e. The van der Waals surface area contributed by atoms with Gasteiger partial charge in [-0.3, -0.25) is 9.69 Å². The van der Waals surface area contributed by atoms with E-state index in [1.54, 1.807) is 0 Å². The molecule has 1 aliphatic rings. The highest BCUT2D eigenvalue weighted by atomic mass is 35.5. The van der Waals surface area contributed by atoms with Crippen LogP contribution in [0.25, 0.3) is 10.9 Å². The van der Waals surface area contributed by atoms with Crippen LogP contribution in [0.3, 0.4) is 0 Å². The topological polar surface area (TPSA) is 59.2 Å². The van der Waals surface area contributed by atoms with Gasteiger partial charge in [0.05, 0.1) is 11.4 Å². The lowest BCUT2D eigenvalue weighted by atomic mass is 9.97. The summed E-state index contributed by atoms with van der Waals surface area (Å²) in [6.45, 7) is 6.53. The summed E-state index contributed by atoms with van der Waals surface area (Å²) in [7, 11) is 0. The summed E-state index contributed by atoms with van der Waals surface area (Å²) >= 11 is 6.42. The predicted molar refractivity (Wildman–Crippen MR) is 93.4 cm³/mol. The Morgan fingerprint density at radius 3 is 2.96 bits per heavy atom. The van der Waals surface area contributed by atoms with Crippen LogP contribution in [-0.2, 0) is 11.3 Å². The minimum absolute atomic E-state index is 0.0548. The van der Waals surface area contributed by atoms with E-state index in [2.05, 4.69) is 41.9 Å². The van der Waals surface area contributed by atoms with Crippen LogP contribution < -0.4 is 5.73 Å². The van der Waals surface area contributed by atoms with Gasteiger partial charge in [0, 0.05) is 24.0 Å². The van der Waals surface area contributed by atoms with Gasteiger partial charge in [0.25, 0.3) is 0 Å². The molecule has 0 radical (unpaired) electrons. The molecule has 0 aliphatic carbocycles. The number of carbonyl (C=O) groups excluding carboxylic acids is 1. The first-order valence-corrected chi connectivity index (χ1v) is 8.40. The van der Waals surface area contributed by atoms with Crippen molar-refractivity contribution in [2.75, 3.05) is 13.1 Å².